The Morgan fingerprint density at radius 3 is 2.06 bits per heavy atom. The number of amides is 2. The summed E-state index contributed by atoms with van der Waals surface area (Å²) in [6.07, 6.45) is 0. The van der Waals surface area contributed by atoms with Crippen LogP contribution in [0.5, 0.6) is 0 Å². The fraction of sp³-hybridized carbons (Fsp3) is 0.0769. The number of hydrogen-bond acceptors (Lipinski definition) is 5. The standard InChI is InChI=1S/C26H21ClN6OS/c1-16-15-17(2)29-24(28-16)31-25(30-19-13-11-18(27)12-14-19)32-26(34)33-20-7-3-5-9-22(20)35-23-10-6-4-8-21(23)33/h3-15H,1-2H3,(H2,28,29,30,31,32,34). The Hall–Kier alpha value is -3.88. The van der Waals surface area contributed by atoms with Gasteiger partial charge in [-0.2, -0.15) is 4.99 Å². The molecule has 0 aliphatic carbocycles. The molecule has 4 aromatic rings. The highest BCUT2D eigenvalue weighted by atomic mass is 35.5. The van der Waals surface area contributed by atoms with Crippen LogP contribution in [-0.2, 0) is 0 Å². The van der Waals surface area contributed by atoms with Crippen molar-refractivity contribution in [2.75, 3.05) is 10.2 Å². The molecule has 1 aromatic heterocycles. The van der Waals surface area contributed by atoms with Crippen LogP contribution in [0.25, 0.3) is 0 Å². The first-order chi connectivity index (χ1) is 17.0. The monoisotopic (exact) mass is 500 g/mol. The average molecular weight is 501 g/mol. The molecule has 7 nitrogen and oxygen atoms in total. The Morgan fingerprint density at radius 2 is 1.46 bits per heavy atom. The van der Waals surface area contributed by atoms with Crippen molar-refractivity contribution in [1.82, 2.24) is 15.3 Å². The van der Waals surface area contributed by atoms with E-state index in [-0.39, 0.29) is 17.9 Å². The van der Waals surface area contributed by atoms with Crippen molar-refractivity contribution in [2.24, 2.45) is 4.99 Å². The van der Waals surface area contributed by atoms with Crippen LogP contribution >= 0.6 is 23.4 Å². The minimum absolute atomic E-state index is 0.190. The van der Waals surface area contributed by atoms with E-state index in [0.717, 1.165) is 32.6 Å². The molecule has 0 fully saturated rings. The van der Waals surface area contributed by atoms with E-state index in [0.29, 0.717) is 10.7 Å². The third-order valence-electron chi connectivity index (χ3n) is 5.15. The predicted octanol–water partition coefficient (Wildman–Crippen LogP) is 6.86. The number of aryl methyl sites for hydroxylation is 2. The number of carbonyl (C=O) groups excluding carboxylic acids is 1. The molecule has 2 N–H and O–H groups in total. The lowest BCUT2D eigenvalue weighted by molar-refractivity contribution is 0.252. The number of nitrogens with one attached hydrogen (secondary N) is 2. The lowest BCUT2D eigenvalue weighted by Crippen LogP contribution is -2.44. The molecule has 1 aliphatic heterocycles. The van der Waals surface area contributed by atoms with Gasteiger partial charge in [-0.25, -0.2) is 14.8 Å². The van der Waals surface area contributed by atoms with Gasteiger partial charge in [0.1, 0.15) is 0 Å². The minimum Gasteiger partial charge on any atom is -0.326 e. The van der Waals surface area contributed by atoms with E-state index in [2.05, 4.69) is 25.6 Å². The first-order valence-electron chi connectivity index (χ1n) is 10.9. The quantitative estimate of drug-likeness (QED) is 0.232. The number of urea groups is 1. The maximum atomic E-state index is 13.7. The van der Waals surface area contributed by atoms with Crippen molar-refractivity contribution in [3.63, 3.8) is 0 Å². The first kappa shape index (κ1) is 22.9. The number of carbonyl (C=O) groups is 1. The van der Waals surface area contributed by atoms with E-state index in [1.807, 2.05) is 68.4 Å². The van der Waals surface area contributed by atoms with Crippen LogP contribution in [0.1, 0.15) is 11.4 Å². The molecule has 2 heterocycles. The van der Waals surface area contributed by atoms with Crippen LogP contribution in [0, 0.1) is 13.8 Å². The fourth-order valence-corrected chi connectivity index (χ4v) is 4.88. The second kappa shape index (κ2) is 9.77. The lowest BCUT2D eigenvalue weighted by atomic mass is 10.2. The highest BCUT2D eigenvalue weighted by Crippen LogP contribution is 2.47. The van der Waals surface area contributed by atoms with Crippen molar-refractivity contribution >= 4 is 58.4 Å². The molecule has 1 aliphatic rings. The highest BCUT2D eigenvalue weighted by molar-refractivity contribution is 7.99. The molecule has 0 spiro atoms. The zero-order chi connectivity index (χ0) is 24.4. The van der Waals surface area contributed by atoms with Gasteiger partial charge in [0.05, 0.1) is 11.4 Å². The summed E-state index contributed by atoms with van der Waals surface area (Å²) in [5, 5.41) is 6.69. The van der Waals surface area contributed by atoms with Gasteiger partial charge in [-0.05, 0) is 68.4 Å². The number of aliphatic imine (C=N–C) groups is 1. The van der Waals surface area contributed by atoms with E-state index in [1.165, 1.54) is 0 Å². The summed E-state index contributed by atoms with van der Waals surface area (Å²) in [7, 11) is 0. The molecule has 174 valence electrons. The van der Waals surface area contributed by atoms with E-state index in [4.69, 9.17) is 11.6 Å². The van der Waals surface area contributed by atoms with Gasteiger partial charge in [0, 0.05) is 31.9 Å². The number of hydrogen-bond donors (Lipinski definition) is 2. The topological polar surface area (TPSA) is 82.5 Å². The van der Waals surface area contributed by atoms with E-state index in [9.17, 15) is 4.79 Å². The van der Waals surface area contributed by atoms with Gasteiger partial charge >= 0.3 is 6.03 Å². The average Bonchev–Trinajstić information content (AvgIpc) is 2.83. The van der Waals surface area contributed by atoms with E-state index in [1.54, 1.807) is 40.9 Å². The molecule has 5 rings (SSSR count). The van der Waals surface area contributed by atoms with Crippen molar-refractivity contribution in [3.8, 4) is 0 Å². The van der Waals surface area contributed by atoms with Gasteiger partial charge in [-0.15, -0.1) is 0 Å². The molecule has 9 heteroatoms. The SMILES string of the molecule is Cc1cc(C)nc(/N=C(/NC(=O)N2c3ccccc3Sc3ccccc32)Nc2ccc(Cl)cc2)n1. The number of anilines is 3. The van der Waals surface area contributed by atoms with E-state index >= 15 is 0 Å². The molecule has 0 saturated heterocycles. The summed E-state index contributed by atoms with van der Waals surface area (Å²) in [4.78, 5) is 30.7. The predicted molar refractivity (Wildman–Crippen MR) is 141 cm³/mol. The maximum Gasteiger partial charge on any atom is 0.333 e. The van der Waals surface area contributed by atoms with Crippen molar-refractivity contribution in [1.29, 1.82) is 0 Å². The Morgan fingerprint density at radius 1 is 0.886 bits per heavy atom. The number of fused-ring (bicyclic) bond motifs is 2. The number of para-hydroxylation sites is 2. The Kier molecular flexibility index (Phi) is 6.39. The molecule has 3 aromatic carbocycles. The van der Waals surface area contributed by atoms with Crippen LogP contribution in [0.15, 0.2) is 93.6 Å². The van der Waals surface area contributed by atoms with Gasteiger partial charge in [0.15, 0.2) is 0 Å². The summed E-state index contributed by atoms with van der Waals surface area (Å²) >= 11 is 7.67. The van der Waals surface area contributed by atoms with Gasteiger partial charge in [0.25, 0.3) is 5.95 Å². The summed E-state index contributed by atoms with van der Waals surface area (Å²) in [6, 6.07) is 24.2. The van der Waals surface area contributed by atoms with Crippen LogP contribution in [0.3, 0.4) is 0 Å². The van der Waals surface area contributed by atoms with Crippen molar-refractivity contribution in [2.45, 2.75) is 23.6 Å². The number of rotatable bonds is 2. The summed E-state index contributed by atoms with van der Waals surface area (Å²) in [5.41, 5.74) is 3.85. The number of benzene rings is 3. The van der Waals surface area contributed by atoms with Gasteiger partial charge < -0.3 is 5.32 Å². The minimum atomic E-state index is -0.366. The van der Waals surface area contributed by atoms with Crippen molar-refractivity contribution < 1.29 is 4.79 Å². The number of nitrogens with zero attached hydrogens (tertiary/aromatic N) is 4. The molecule has 0 atom stereocenters. The third-order valence-corrected chi connectivity index (χ3v) is 6.53. The van der Waals surface area contributed by atoms with E-state index < -0.39 is 0 Å². The largest absolute Gasteiger partial charge is 0.333 e. The van der Waals surface area contributed by atoms with Crippen molar-refractivity contribution in [3.05, 3.63) is 95.3 Å². The fourth-order valence-electron chi connectivity index (χ4n) is 3.70. The summed E-state index contributed by atoms with van der Waals surface area (Å²) in [6.45, 7) is 3.75. The number of halogens is 1. The van der Waals surface area contributed by atoms with Gasteiger partial charge in [-0.1, -0.05) is 47.6 Å². The normalized spacial score (nSPS) is 12.5. The third kappa shape index (κ3) is 5.13. The van der Waals surface area contributed by atoms with Crippen LogP contribution < -0.4 is 15.5 Å². The van der Waals surface area contributed by atoms with Crippen LogP contribution in [0.4, 0.5) is 27.8 Å². The molecule has 35 heavy (non-hydrogen) atoms. The molecular formula is C26H21ClN6OS. The maximum absolute atomic E-state index is 13.7. The van der Waals surface area contributed by atoms with Crippen LogP contribution in [0.2, 0.25) is 5.02 Å². The summed E-state index contributed by atoms with van der Waals surface area (Å²) in [5.74, 6) is 0.435. The Bertz CT molecular complexity index is 1370. The second-order valence-electron chi connectivity index (χ2n) is 7.85. The molecule has 0 bridgehead atoms. The second-order valence-corrected chi connectivity index (χ2v) is 9.37. The lowest BCUT2D eigenvalue weighted by Gasteiger charge is -2.31. The molecule has 0 saturated carbocycles. The summed E-state index contributed by atoms with van der Waals surface area (Å²) < 4.78 is 0. The smallest absolute Gasteiger partial charge is 0.326 e. The Labute approximate surface area is 212 Å². The highest BCUT2D eigenvalue weighted by Gasteiger charge is 2.28. The molecule has 0 unspecified atom stereocenters. The van der Waals surface area contributed by atoms with Crippen LogP contribution in [-0.4, -0.2) is 22.0 Å². The van der Waals surface area contributed by atoms with Gasteiger partial charge in [-0.3, -0.25) is 10.2 Å². The molecule has 0 radical (unpaired) electrons. The Balaban J connectivity index is 1.53. The number of aromatic nitrogens is 2. The van der Waals surface area contributed by atoms with Gasteiger partial charge in [0.2, 0.25) is 5.96 Å². The molecule has 2 amide bonds. The zero-order valence-corrected chi connectivity index (χ0v) is 20.6. The zero-order valence-electron chi connectivity index (χ0n) is 19.0. The first-order valence-corrected chi connectivity index (χ1v) is 12.1. The number of guanidine groups is 1. The molecular weight excluding hydrogens is 480 g/mol.